The fourth-order valence-electron chi connectivity index (χ4n) is 1.81. The molecule has 0 fully saturated rings. The number of carbonyl (C=O) groups is 1. The highest BCUT2D eigenvalue weighted by Crippen LogP contribution is 2.13. The van der Waals surface area contributed by atoms with Gasteiger partial charge in [-0.25, -0.2) is 0 Å². The molecule has 0 aliphatic carbocycles. The molecule has 0 saturated carbocycles. The molecule has 21 heavy (non-hydrogen) atoms. The maximum absolute atomic E-state index is 12.2. The van der Waals surface area contributed by atoms with Gasteiger partial charge in [-0.1, -0.05) is 0 Å². The van der Waals surface area contributed by atoms with Crippen molar-refractivity contribution in [2.75, 3.05) is 10.6 Å². The summed E-state index contributed by atoms with van der Waals surface area (Å²) in [4.78, 5) is 16.2. The lowest BCUT2D eigenvalue weighted by Crippen LogP contribution is -2.14. The Morgan fingerprint density at radius 3 is 2.52 bits per heavy atom. The maximum atomic E-state index is 12.2. The number of hydrogen-bond acceptors (Lipinski definition) is 4. The first-order valence-corrected chi connectivity index (χ1v) is 6.61. The van der Waals surface area contributed by atoms with Crippen molar-refractivity contribution in [1.29, 1.82) is 5.26 Å². The van der Waals surface area contributed by atoms with Gasteiger partial charge in [0, 0.05) is 24.1 Å². The molecule has 2 N–H and O–H groups in total. The van der Waals surface area contributed by atoms with Crippen LogP contribution in [0.25, 0.3) is 0 Å². The molecular weight excluding hydrogens is 264 g/mol. The van der Waals surface area contributed by atoms with Crippen molar-refractivity contribution >= 4 is 17.3 Å². The number of aromatic nitrogens is 1. The zero-order valence-corrected chi connectivity index (χ0v) is 11.9. The third kappa shape index (κ3) is 4.05. The van der Waals surface area contributed by atoms with E-state index in [-0.39, 0.29) is 11.9 Å². The van der Waals surface area contributed by atoms with E-state index in [9.17, 15) is 4.79 Å². The monoisotopic (exact) mass is 280 g/mol. The average Bonchev–Trinajstić information content (AvgIpc) is 2.47. The SMILES string of the molecule is CC(C)Nc1cncc(C(=O)Nc2ccc(C#N)cc2)c1. The summed E-state index contributed by atoms with van der Waals surface area (Å²) in [5.74, 6) is -0.236. The highest BCUT2D eigenvalue weighted by atomic mass is 16.1. The van der Waals surface area contributed by atoms with E-state index >= 15 is 0 Å². The van der Waals surface area contributed by atoms with Crippen LogP contribution in [0.4, 0.5) is 11.4 Å². The van der Waals surface area contributed by atoms with Crippen LogP contribution < -0.4 is 10.6 Å². The van der Waals surface area contributed by atoms with Crippen LogP contribution in [-0.4, -0.2) is 16.9 Å². The van der Waals surface area contributed by atoms with Crippen molar-refractivity contribution in [3.05, 3.63) is 53.9 Å². The molecule has 5 heteroatoms. The van der Waals surface area contributed by atoms with Crippen LogP contribution in [0.15, 0.2) is 42.7 Å². The highest BCUT2D eigenvalue weighted by Gasteiger charge is 2.08. The summed E-state index contributed by atoms with van der Waals surface area (Å²) in [5, 5.41) is 14.7. The Labute approximate surface area is 123 Å². The predicted octanol–water partition coefficient (Wildman–Crippen LogP) is 3.03. The molecule has 0 radical (unpaired) electrons. The number of nitriles is 1. The molecule has 0 spiro atoms. The fraction of sp³-hybridized carbons (Fsp3) is 0.188. The first kappa shape index (κ1) is 14.5. The fourth-order valence-corrected chi connectivity index (χ4v) is 1.81. The molecule has 5 nitrogen and oxygen atoms in total. The van der Waals surface area contributed by atoms with Crippen LogP contribution >= 0.6 is 0 Å². The number of nitrogens with one attached hydrogen (secondary N) is 2. The molecule has 1 aromatic heterocycles. The summed E-state index contributed by atoms with van der Waals surface area (Å²) in [6, 6.07) is 10.8. The minimum atomic E-state index is -0.236. The Bertz CT molecular complexity index is 671. The number of carbonyl (C=O) groups excluding carboxylic acids is 1. The van der Waals surface area contributed by atoms with E-state index in [1.54, 1.807) is 36.5 Å². The minimum absolute atomic E-state index is 0.236. The first-order valence-electron chi connectivity index (χ1n) is 6.61. The summed E-state index contributed by atoms with van der Waals surface area (Å²) in [6.07, 6.45) is 3.20. The Balaban J connectivity index is 2.10. The van der Waals surface area contributed by atoms with Gasteiger partial charge in [-0.15, -0.1) is 0 Å². The van der Waals surface area contributed by atoms with E-state index in [0.717, 1.165) is 5.69 Å². The molecule has 0 unspecified atom stereocenters. The number of amides is 1. The number of hydrogen-bond donors (Lipinski definition) is 2. The van der Waals surface area contributed by atoms with Crippen molar-refractivity contribution in [3.8, 4) is 6.07 Å². The van der Waals surface area contributed by atoms with E-state index < -0.39 is 0 Å². The second-order valence-electron chi connectivity index (χ2n) is 4.90. The largest absolute Gasteiger partial charge is 0.382 e. The molecule has 0 saturated heterocycles. The van der Waals surface area contributed by atoms with Gasteiger partial charge in [0.1, 0.15) is 0 Å². The van der Waals surface area contributed by atoms with E-state index in [4.69, 9.17) is 5.26 Å². The molecular formula is C16H16N4O. The summed E-state index contributed by atoms with van der Waals surface area (Å²) < 4.78 is 0. The normalized spacial score (nSPS) is 10.0. The quantitative estimate of drug-likeness (QED) is 0.902. The van der Waals surface area contributed by atoms with Crippen LogP contribution in [0, 0.1) is 11.3 Å². The third-order valence-corrected chi connectivity index (χ3v) is 2.73. The van der Waals surface area contributed by atoms with Crippen LogP contribution in [0.3, 0.4) is 0 Å². The van der Waals surface area contributed by atoms with Crippen molar-refractivity contribution in [1.82, 2.24) is 4.98 Å². The van der Waals surface area contributed by atoms with Crippen molar-refractivity contribution < 1.29 is 4.79 Å². The lowest BCUT2D eigenvalue weighted by Gasteiger charge is -2.11. The van der Waals surface area contributed by atoms with Gasteiger partial charge in [-0.2, -0.15) is 5.26 Å². The zero-order chi connectivity index (χ0) is 15.2. The Kier molecular flexibility index (Phi) is 4.52. The molecule has 1 aromatic carbocycles. The molecule has 1 heterocycles. The van der Waals surface area contributed by atoms with Gasteiger partial charge in [0.2, 0.25) is 0 Å². The Morgan fingerprint density at radius 2 is 1.90 bits per heavy atom. The van der Waals surface area contributed by atoms with Crippen LogP contribution in [0.1, 0.15) is 29.8 Å². The Morgan fingerprint density at radius 1 is 1.19 bits per heavy atom. The van der Waals surface area contributed by atoms with Crippen LogP contribution in [-0.2, 0) is 0 Å². The second-order valence-corrected chi connectivity index (χ2v) is 4.90. The third-order valence-electron chi connectivity index (χ3n) is 2.73. The lowest BCUT2D eigenvalue weighted by molar-refractivity contribution is 0.102. The van der Waals surface area contributed by atoms with Gasteiger partial charge in [0.05, 0.1) is 22.9 Å². The molecule has 2 rings (SSSR count). The number of nitrogens with zero attached hydrogens (tertiary/aromatic N) is 2. The molecule has 106 valence electrons. The number of benzene rings is 1. The van der Waals surface area contributed by atoms with Gasteiger partial charge in [-0.05, 0) is 44.2 Å². The van der Waals surface area contributed by atoms with E-state index in [1.165, 1.54) is 6.20 Å². The minimum Gasteiger partial charge on any atom is -0.382 e. The lowest BCUT2D eigenvalue weighted by atomic mass is 10.2. The topological polar surface area (TPSA) is 77.8 Å². The maximum Gasteiger partial charge on any atom is 0.257 e. The zero-order valence-electron chi connectivity index (χ0n) is 11.9. The molecule has 0 aliphatic heterocycles. The molecule has 0 bridgehead atoms. The molecule has 2 aromatic rings. The summed E-state index contributed by atoms with van der Waals surface area (Å²) in [7, 11) is 0. The van der Waals surface area contributed by atoms with Gasteiger partial charge in [0.25, 0.3) is 5.91 Å². The van der Waals surface area contributed by atoms with Crippen LogP contribution in [0.2, 0.25) is 0 Å². The van der Waals surface area contributed by atoms with Crippen molar-refractivity contribution in [3.63, 3.8) is 0 Å². The molecule has 1 amide bonds. The number of pyridine rings is 1. The smallest absolute Gasteiger partial charge is 0.257 e. The van der Waals surface area contributed by atoms with Gasteiger partial charge in [0.15, 0.2) is 0 Å². The summed E-state index contributed by atoms with van der Waals surface area (Å²) >= 11 is 0. The highest BCUT2D eigenvalue weighted by molar-refractivity contribution is 6.04. The van der Waals surface area contributed by atoms with Crippen LogP contribution in [0.5, 0.6) is 0 Å². The number of rotatable bonds is 4. The number of anilines is 2. The first-order chi connectivity index (χ1) is 10.1. The second kappa shape index (κ2) is 6.53. The van der Waals surface area contributed by atoms with Gasteiger partial charge in [-0.3, -0.25) is 9.78 Å². The standard InChI is InChI=1S/C16H16N4O/c1-11(2)19-15-7-13(9-18-10-15)16(21)20-14-5-3-12(8-17)4-6-14/h3-7,9-11,19H,1-2H3,(H,20,21). The average molecular weight is 280 g/mol. The summed E-state index contributed by atoms with van der Waals surface area (Å²) in [6.45, 7) is 4.03. The molecule has 0 atom stereocenters. The summed E-state index contributed by atoms with van der Waals surface area (Å²) in [5.41, 5.74) is 2.47. The van der Waals surface area contributed by atoms with E-state index in [0.29, 0.717) is 16.8 Å². The molecule has 0 aliphatic rings. The Hall–Kier alpha value is -2.87. The van der Waals surface area contributed by atoms with Gasteiger partial charge < -0.3 is 10.6 Å². The van der Waals surface area contributed by atoms with E-state index in [1.807, 2.05) is 19.9 Å². The van der Waals surface area contributed by atoms with Gasteiger partial charge >= 0.3 is 0 Å². The van der Waals surface area contributed by atoms with Crippen molar-refractivity contribution in [2.45, 2.75) is 19.9 Å². The van der Waals surface area contributed by atoms with Crippen molar-refractivity contribution in [2.24, 2.45) is 0 Å². The predicted molar refractivity (Wildman–Crippen MR) is 82.1 cm³/mol. The van der Waals surface area contributed by atoms with E-state index in [2.05, 4.69) is 15.6 Å².